The molecule has 0 aliphatic carbocycles. The lowest BCUT2D eigenvalue weighted by Crippen LogP contribution is -2.49. The van der Waals surface area contributed by atoms with Gasteiger partial charge in [-0.25, -0.2) is 0 Å². The van der Waals surface area contributed by atoms with Crippen molar-refractivity contribution in [1.82, 2.24) is 20.0 Å². The van der Waals surface area contributed by atoms with Gasteiger partial charge in [0.1, 0.15) is 0 Å². The zero-order valence-electron chi connectivity index (χ0n) is 16.6. The molecular weight excluding hydrogens is 340 g/mol. The fourth-order valence-electron chi connectivity index (χ4n) is 3.58. The molecule has 6 heteroatoms. The van der Waals surface area contributed by atoms with Gasteiger partial charge in [-0.15, -0.1) is 0 Å². The second-order valence-electron chi connectivity index (χ2n) is 7.14. The lowest BCUT2D eigenvalue weighted by Gasteiger charge is -2.34. The van der Waals surface area contributed by atoms with Crippen molar-refractivity contribution >= 4 is 5.91 Å². The standard InChI is InChI=1S/C21H30N4O2/c1-4-13-27-14-12-24-8-10-25(11-9-24)21(26)19-7-5-6-18(15-19)20-16(2)22-23-17(20)3/h5-7,15H,4,8-14H2,1-3H3,(H,22,23). The van der Waals surface area contributed by atoms with Crippen molar-refractivity contribution in [2.45, 2.75) is 27.2 Å². The molecule has 1 aliphatic rings. The van der Waals surface area contributed by atoms with Gasteiger partial charge in [0.15, 0.2) is 0 Å². The summed E-state index contributed by atoms with van der Waals surface area (Å²) in [6, 6.07) is 7.88. The van der Waals surface area contributed by atoms with Gasteiger partial charge < -0.3 is 9.64 Å². The molecule has 0 bridgehead atoms. The number of hydrogen-bond acceptors (Lipinski definition) is 4. The molecule has 0 spiro atoms. The molecule has 1 aromatic heterocycles. The van der Waals surface area contributed by atoms with Crippen molar-refractivity contribution in [3.8, 4) is 11.1 Å². The van der Waals surface area contributed by atoms with Crippen LogP contribution >= 0.6 is 0 Å². The molecule has 0 radical (unpaired) electrons. The van der Waals surface area contributed by atoms with Gasteiger partial charge in [0.05, 0.1) is 12.3 Å². The molecule has 0 saturated carbocycles. The molecule has 1 saturated heterocycles. The van der Waals surface area contributed by atoms with Gasteiger partial charge in [-0.2, -0.15) is 5.10 Å². The number of nitrogens with zero attached hydrogens (tertiary/aromatic N) is 3. The van der Waals surface area contributed by atoms with Crippen molar-refractivity contribution < 1.29 is 9.53 Å². The van der Waals surface area contributed by atoms with E-state index in [9.17, 15) is 4.79 Å². The van der Waals surface area contributed by atoms with Gasteiger partial charge in [-0.3, -0.25) is 14.8 Å². The summed E-state index contributed by atoms with van der Waals surface area (Å²) in [6.07, 6.45) is 1.05. The minimum absolute atomic E-state index is 0.109. The van der Waals surface area contributed by atoms with Gasteiger partial charge >= 0.3 is 0 Å². The van der Waals surface area contributed by atoms with Crippen LogP contribution in [0.5, 0.6) is 0 Å². The number of nitrogens with one attached hydrogen (secondary N) is 1. The number of carbonyl (C=O) groups is 1. The molecule has 0 atom stereocenters. The Labute approximate surface area is 161 Å². The van der Waals surface area contributed by atoms with Crippen molar-refractivity contribution in [3.63, 3.8) is 0 Å². The summed E-state index contributed by atoms with van der Waals surface area (Å²) in [4.78, 5) is 17.3. The van der Waals surface area contributed by atoms with Crippen molar-refractivity contribution in [2.75, 3.05) is 45.9 Å². The lowest BCUT2D eigenvalue weighted by atomic mass is 10.0. The number of aromatic amines is 1. The van der Waals surface area contributed by atoms with Gasteiger partial charge in [-0.05, 0) is 38.0 Å². The Morgan fingerprint density at radius 3 is 2.63 bits per heavy atom. The number of benzene rings is 1. The maximum absolute atomic E-state index is 13.0. The molecule has 6 nitrogen and oxygen atoms in total. The maximum Gasteiger partial charge on any atom is 0.253 e. The summed E-state index contributed by atoms with van der Waals surface area (Å²) < 4.78 is 5.57. The van der Waals surface area contributed by atoms with Crippen molar-refractivity contribution in [3.05, 3.63) is 41.2 Å². The van der Waals surface area contributed by atoms with Crippen LogP contribution in [0.25, 0.3) is 11.1 Å². The monoisotopic (exact) mass is 370 g/mol. The van der Waals surface area contributed by atoms with Gasteiger partial charge in [-0.1, -0.05) is 19.1 Å². The highest BCUT2D eigenvalue weighted by atomic mass is 16.5. The summed E-state index contributed by atoms with van der Waals surface area (Å²) in [6.45, 7) is 12.0. The first-order valence-corrected chi connectivity index (χ1v) is 9.81. The molecule has 2 heterocycles. The van der Waals surface area contributed by atoms with E-state index < -0.39 is 0 Å². The number of rotatable bonds is 7. The molecular formula is C21H30N4O2. The summed E-state index contributed by atoms with van der Waals surface area (Å²) in [7, 11) is 0. The summed E-state index contributed by atoms with van der Waals surface area (Å²) in [5.41, 5.74) is 4.84. The SMILES string of the molecule is CCCOCCN1CCN(C(=O)c2cccc(-c3c(C)n[nH]c3C)c2)CC1. The average Bonchev–Trinajstić information content (AvgIpc) is 3.03. The topological polar surface area (TPSA) is 61.5 Å². The van der Waals surface area contributed by atoms with E-state index in [1.165, 1.54) is 0 Å². The third-order valence-electron chi connectivity index (χ3n) is 5.09. The first kappa shape index (κ1) is 19.6. The number of carbonyl (C=O) groups excluding carboxylic acids is 1. The first-order valence-electron chi connectivity index (χ1n) is 9.81. The van der Waals surface area contributed by atoms with E-state index in [-0.39, 0.29) is 5.91 Å². The van der Waals surface area contributed by atoms with Crippen molar-refractivity contribution in [2.24, 2.45) is 0 Å². The highest BCUT2D eigenvalue weighted by Crippen LogP contribution is 2.26. The second-order valence-corrected chi connectivity index (χ2v) is 7.14. The van der Waals surface area contributed by atoms with Crippen LogP contribution in [-0.2, 0) is 4.74 Å². The van der Waals surface area contributed by atoms with Crippen LogP contribution in [0.15, 0.2) is 24.3 Å². The smallest absolute Gasteiger partial charge is 0.253 e. The molecule has 3 rings (SSSR count). The van der Waals surface area contributed by atoms with E-state index in [4.69, 9.17) is 4.74 Å². The molecule has 1 amide bonds. The minimum Gasteiger partial charge on any atom is -0.380 e. The molecule has 1 fully saturated rings. The predicted molar refractivity (Wildman–Crippen MR) is 107 cm³/mol. The molecule has 146 valence electrons. The van der Waals surface area contributed by atoms with Crippen LogP contribution in [0.1, 0.15) is 35.1 Å². The number of aromatic nitrogens is 2. The van der Waals surface area contributed by atoms with Crippen LogP contribution in [0.3, 0.4) is 0 Å². The zero-order valence-corrected chi connectivity index (χ0v) is 16.6. The number of piperazine rings is 1. The van der Waals surface area contributed by atoms with E-state index in [1.54, 1.807) is 0 Å². The lowest BCUT2D eigenvalue weighted by molar-refractivity contribution is 0.0552. The van der Waals surface area contributed by atoms with Gasteiger partial charge in [0, 0.05) is 56.2 Å². The largest absolute Gasteiger partial charge is 0.380 e. The van der Waals surface area contributed by atoms with Crippen LogP contribution in [0.2, 0.25) is 0 Å². The van der Waals surface area contributed by atoms with Crippen LogP contribution in [0.4, 0.5) is 0 Å². The fraction of sp³-hybridized carbons (Fsp3) is 0.524. The van der Waals surface area contributed by atoms with Crippen molar-refractivity contribution in [1.29, 1.82) is 0 Å². The predicted octanol–water partition coefficient (Wildman–Crippen LogP) is 2.88. The third-order valence-corrected chi connectivity index (χ3v) is 5.09. The van der Waals surface area contributed by atoms with E-state index >= 15 is 0 Å². The zero-order chi connectivity index (χ0) is 19.2. The Morgan fingerprint density at radius 2 is 1.96 bits per heavy atom. The Bertz CT molecular complexity index is 744. The maximum atomic E-state index is 13.0. The number of hydrogen-bond donors (Lipinski definition) is 1. The van der Waals surface area contributed by atoms with E-state index in [0.717, 1.165) is 80.4 Å². The average molecular weight is 370 g/mol. The highest BCUT2D eigenvalue weighted by molar-refractivity contribution is 5.95. The molecule has 1 aromatic carbocycles. The minimum atomic E-state index is 0.109. The Hall–Kier alpha value is -2.18. The number of ether oxygens (including phenoxy) is 1. The number of H-pyrrole nitrogens is 1. The highest BCUT2D eigenvalue weighted by Gasteiger charge is 2.22. The Morgan fingerprint density at radius 1 is 1.19 bits per heavy atom. The first-order chi connectivity index (χ1) is 13.1. The molecule has 0 unspecified atom stereocenters. The van der Waals surface area contributed by atoms with Crippen LogP contribution < -0.4 is 0 Å². The number of amides is 1. The van der Waals surface area contributed by atoms with Crippen LogP contribution in [0, 0.1) is 13.8 Å². The third kappa shape index (κ3) is 4.76. The summed E-state index contributed by atoms with van der Waals surface area (Å²) >= 11 is 0. The molecule has 1 N–H and O–H groups in total. The van der Waals surface area contributed by atoms with E-state index in [2.05, 4.69) is 22.0 Å². The molecule has 2 aromatic rings. The normalized spacial score (nSPS) is 15.3. The van der Waals surface area contributed by atoms with Crippen LogP contribution in [-0.4, -0.2) is 71.8 Å². The molecule has 1 aliphatic heterocycles. The number of aryl methyl sites for hydroxylation is 2. The second kappa shape index (κ2) is 9.15. The fourth-order valence-corrected chi connectivity index (χ4v) is 3.58. The van der Waals surface area contributed by atoms with E-state index in [1.807, 2.05) is 43.0 Å². The quantitative estimate of drug-likeness (QED) is 0.762. The summed E-state index contributed by atoms with van der Waals surface area (Å²) in [5, 5.41) is 7.28. The molecule has 27 heavy (non-hydrogen) atoms. The van der Waals surface area contributed by atoms with Gasteiger partial charge in [0.2, 0.25) is 0 Å². The Kier molecular flexibility index (Phi) is 6.63. The van der Waals surface area contributed by atoms with Gasteiger partial charge in [0.25, 0.3) is 5.91 Å². The summed E-state index contributed by atoms with van der Waals surface area (Å²) in [5.74, 6) is 0.109. The Balaban J connectivity index is 1.60. The van der Waals surface area contributed by atoms with E-state index in [0.29, 0.717) is 0 Å².